The van der Waals surface area contributed by atoms with Crippen molar-refractivity contribution in [2.75, 3.05) is 0 Å². The number of rotatable bonds is 4. The van der Waals surface area contributed by atoms with Crippen LogP contribution in [-0.2, 0) is 6.42 Å². The molecule has 1 heterocycles. The molecule has 0 saturated carbocycles. The molecular weight excluding hydrogens is 322 g/mol. The Morgan fingerprint density at radius 2 is 2.00 bits per heavy atom. The Hall–Kier alpha value is -1.12. The fourth-order valence-corrected chi connectivity index (χ4v) is 2.51. The van der Waals surface area contributed by atoms with Crippen LogP contribution in [0.15, 0.2) is 47.6 Å². The first-order chi connectivity index (χ1) is 9.11. The molecule has 0 aliphatic rings. The van der Waals surface area contributed by atoms with Gasteiger partial charge in [0.1, 0.15) is 0 Å². The maximum atomic E-state index is 5.91. The third-order valence-electron chi connectivity index (χ3n) is 2.93. The molecule has 0 saturated heterocycles. The summed E-state index contributed by atoms with van der Waals surface area (Å²) >= 11 is 9.38. The third kappa shape index (κ3) is 3.46. The summed E-state index contributed by atoms with van der Waals surface area (Å²) in [7, 11) is 0. The van der Waals surface area contributed by atoms with Crippen molar-refractivity contribution < 1.29 is 0 Å². The number of hydrogen-bond donors (Lipinski definition) is 0. The molecule has 0 bridgehead atoms. The molecule has 1 nitrogen and oxygen atoms in total. The number of pyridine rings is 1. The van der Waals surface area contributed by atoms with E-state index in [9.17, 15) is 0 Å². The first-order valence-corrected chi connectivity index (χ1v) is 7.38. The van der Waals surface area contributed by atoms with E-state index >= 15 is 0 Å². The fourth-order valence-electron chi connectivity index (χ4n) is 2.00. The summed E-state index contributed by atoms with van der Waals surface area (Å²) < 4.78 is 1.00. The number of halogens is 2. The van der Waals surface area contributed by atoms with Crippen molar-refractivity contribution in [1.29, 1.82) is 0 Å². The number of hydrogen-bond acceptors (Lipinski definition) is 1. The van der Waals surface area contributed by atoms with E-state index in [2.05, 4.69) is 40.5 Å². The van der Waals surface area contributed by atoms with Crippen molar-refractivity contribution in [2.45, 2.75) is 19.8 Å². The second-order valence-corrected chi connectivity index (χ2v) is 5.75. The zero-order valence-corrected chi connectivity index (χ0v) is 13.1. The van der Waals surface area contributed by atoms with Crippen molar-refractivity contribution in [1.82, 2.24) is 4.98 Å². The van der Waals surface area contributed by atoms with Crippen LogP contribution in [0.25, 0.3) is 5.57 Å². The molecule has 3 heteroatoms. The average Bonchev–Trinajstić information content (AvgIpc) is 2.39. The van der Waals surface area contributed by atoms with Crippen molar-refractivity contribution >= 4 is 33.1 Å². The van der Waals surface area contributed by atoms with E-state index < -0.39 is 0 Å². The van der Waals surface area contributed by atoms with Gasteiger partial charge >= 0.3 is 0 Å². The molecule has 1 aromatic heterocycles. The normalized spacial score (nSPS) is 10.5. The zero-order valence-electron chi connectivity index (χ0n) is 10.8. The van der Waals surface area contributed by atoms with Crippen LogP contribution in [0.5, 0.6) is 0 Å². The van der Waals surface area contributed by atoms with Crippen LogP contribution in [0, 0.1) is 0 Å². The first kappa shape index (κ1) is 14.3. The van der Waals surface area contributed by atoms with Gasteiger partial charge in [-0.3, -0.25) is 4.98 Å². The topological polar surface area (TPSA) is 12.9 Å². The molecule has 0 radical (unpaired) electrons. The summed E-state index contributed by atoms with van der Waals surface area (Å²) in [5.41, 5.74) is 4.17. The van der Waals surface area contributed by atoms with Gasteiger partial charge in [-0.05, 0) is 51.7 Å². The Labute approximate surface area is 127 Å². The quantitative estimate of drug-likeness (QED) is 0.717. The van der Waals surface area contributed by atoms with Crippen LogP contribution in [0.3, 0.4) is 0 Å². The molecule has 19 heavy (non-hydrogen) atoms. The van der Waals surface area contributed by atoms with Crippen LogP contribution in [0.4, 0.5) is 0 Å². The van der Waals surface area contributed by atoms with Gasteiger partial charge in [-0.2, -0.15) is 0 Å². The van der Waals surface area contributed by atoms with E-state index in [0.717, 1.165) is 39.2 Å². The van der Waals surface area contributed by atoms with Crippen molar-refractivity contribution in [3.63, 3.8) is 0 Å². The number of nitrogens with zero attached hydrogens (tertiary/aromatic N) is 1. The molecule has 0 unspecified atom stereocenters. The fraction of sp³-hybridized carbons (Fsp3) is 0.188. The molecule has 0 fully saturated rings. The van der Waals surface area contributed by atoms with Crippen molar-refractivity contribution in [2.24, 2.45) is 0 Å². The monoisotopic (exact) mass is 335 g/mol. The Bertz CT molecular complexity index is 590. The maximum Gasteiger partial charge on any atom is 0.0734 e. The van der Waals surface area contributed by atoms with Crippen LogP contribution in [0.2, 0.25) is 5.02 Å². The first-order valence-electron chi connectivity index (χ1n) is 6.21. The van der Waals surface area contributed by atoms with Gasteiger partial charge < -0.3 is 0 Å². The molecule has 0 atom stereocenters. The second kappa shape index (κ2) is 6.36. The van der Waals surface area contributed by atoms with Crippen LogP contribution >= 0.6 is 27.5 Å². The predicted molar refractivity (Wildman–Crippen MR) is 85.5 cm³/mol. The highest BCUT2D eigenvalue weighted by molar-refractivity contribution is 9.10. The van der Waals surface area contributed by atoms with Gasteiger partial charge in [-0.25, -0.2) is 0 Å². The lowest BCUT2D eigenvalue weighted by Crippen LogP contribution is -1.98. The van der Waals surface area contributed by atoms with Crippen LogP contribution in [-0.4, -0.2) is 4.98 Å². The minimum Gasteiger partial charge on any atom is -0.255 e. The van der Waals surface area contributed by atoms with E-state index in [1.54, 1.807) is 0 Å². The summed E-state index contributed by atoms with van der Waals surface area (Å²) in [5, 5.41) is 0.731. The largest absolute Gasteiger partial charge is 0.255 e. The van der Waals surface area contributed by atoms with Gasteiger partial charge in [0.25, 0.3) is 0 Å². The molecule has 0 aliphatic carbocycles. The van der Waals surface area contributed by atoms with Gasteiger partial charge in [-0.1, -0.05) is 43.7 Å². The number of benzene rings is 1. The smallest absolute Gasteiger partial charge is 0.0734 e. The maximum absolute atomic E-state index is 5.91. The Balaban J connectivity index is 2.40. The van der Waals surface area contributed by atoms with E-state index in [-0.39, 0.29) is 0 Å². The van der Waals surface area contributed by atoms with Gasteiger partial charge in [0.05, 0.1) is 5.69 Å². The molecule has 0 amide bonds. The van der Waals surface area contributed by atoms with Crippen molar-refractivity contribution in [3.8, 4) is 0 Å². The van der Waals surface area contributed by atoms with Gasteiger partial charge in [0.2, 0.25) is 0 Å². The average molecular weight is 337 g/mol. The highest BCUT2D eigenvalue weighted by Gasteiger charge is 2.10. The number of aromatic nitrogens is 1. The van der Waals surface area contributed by atoms with Crippen LogP contribution in [0.1, 0.15) is 30.2 Å². The molecule has 0 aliphatic heterocycles. The predicted octanol–water partition coefficient (Wildman–Crippen LogP) is 5.51. The Morgan fingerprint density at radius 3 is 2.63 bits per heavy atom. The molecule has 0 spiro atoms. The number of aryl methyl sites for hydroxylation is 1. The van der Waals surface area contributed by atoms with E-state index in [0.29, 0.717) is 0 Å². The molecule has 2 rings (SSSR count). The van der Waals surface area contributed by atoms with E-state index in [4.69, 9.17) is 11.6 Å². The Morgan fingerprint density at radius 1 is 1.32 bits per heavy atom. The van der Waals surface area contributed by atoms with E-state index in [1.165, 1.54) is 5.56 Å². The molecule has 0 N–H and O–H groups in total. The molecule has 98 valence electrons. The zero-order chi connectivity index (χ0) is 13.8. The molecule has 2 aromatic rings. The lowest BCUT2D eigenvalue weighted by atomic mass is 9.98. The summed E-state index contributed by atoms with van der Waals surface area (Å²) in [6, 6.07) is 9.82. The standard InChI is InChI=1S/C16H15BrClN/c1-3-4-13-9-14(17)10-19-16(13)11(2)12-5-7-15(18)8-6-12/h5-10H,2-4H2,1H3. The highest BCUT2D eigenvalue weighted by atomic mass is 79.9. The second-order valence-electron chi connectivity index (χ2n) is 4.40. The van der Waals surface area contributed by atoms with Gasteiger partial charge in [0.15, 0.2) is 0 Å². The summed E-state index contributed by atoms with van der Waals surface area (Å²) in [6.07, 6.45) is 3.89. The lowest BCUT2D eigenvalue weighted by molar-refractivity contribution is 0.907. The SMILES string of the molecule is C=C(c1ccc(Cl)cc1)c1ncc(Br)cc1CCC. The van der Waals surface area contributed by atoms with Crippen molar-refractivity contribution in [3.05, 3.63) is 69.4 Å². The minimum atomic E-state index is 0.731. The van der Waals surface area contributed by atoms with Crippen LogP contribution < -0.4 is 0 Å². The van der Waals surface area contributed by atoms with Gasteiger partial charge in [-0.15, -0.1) is 0 Å². The third-order valence-corrected chi connectivity index (χ3v) is 3.62. The summed E-state index contributed by atoms with van der Waals surface area (Å²) in [5.74, 6) is 0. The highest BCUT2D eigenvalue weighted by Crippen LogP contribution is 2.26. The lowest BCUT2D eigenvalue weighted by Gasteiger charge is -2.11. The Kier molecular flexibility index (Phi) is 4.78. The molecule has 1 aromatic carbocycles. The minimum absolute atomic E-state index is 0.731. The molecular formula is C16H15BrClN. The summed E-state index contributed by atoms with van der Waals surface area (Å²) in [4.78, 5) is 4.52. The van der Waals surface area contributed by atoms with Gasteiger partial charge in [0, 0.05) is 21.3 Å². The van der Waals surface area contributed by atoms with E-state index in [1.807, 2.05) is 30.5 Å². The summed E-state index contributed by atoms with van der Waals surface area (Å²) in [6.45, 7) is 6.34.